The molecule has 0 bridgehead atoms. The molecule has 0 spiro atoms. The number of hydrogen-bond acceptors (Lipinski definition) is 6. The highest BCUT2D eigenvalue weighted by Crippen LogP contribution is 2.39. The SMILES string of the molecule is Cc1ccc(C(=O)NC(=S)Nc2sc3c(c2C(N)=O)CC[C@@H](C)C3)cc1[N+](=O)[O-]. The summed E-state index contributed by atoms with van der Waals surface area (Å²) in [5.74, 6) is -0.595. The van der Waals surface area contributed by atoms with Crippen LogP contribution in [-0.4, -0.2) is 21.9 Å². The number of nitro groups is 1. The predicted molar refractivity (Wildman–Crippen MR) is 116 cm³/mol. The Labute approximate surface area is 176 Å². The summed E-state index contributed by atoms with van der Waals surface area (Å²) in [4.78, 5) is 36.1. The first kappa shape index (κ1) is 20.9. The van der Waals surface area contributed by atoms with Crippen LogP contribution in [0.4, 0.5) is 10.7 Å². The number of aryl methyl sites for hydroxylation is 1. The fourth-order valence-corrected chi connectivity index (χ4v) is 5.04. The van der Waals surface area contributed by atoms with Gasteiger partial charge in [0.05, 0.1) is 10.5 Å². The van der Waals surface area contributed by atoms with Crippen molar-refractivity contribution in [1.82, 2.24) is 5.32 Å². The van der Waals surface area contributed by atoms with Crippen LogP contribution in [0.25, 0.3) is 0 Å². The highest BCUT2D eigenvalue weighted by atomic mass is 32.1. The van der Waals surface area contributed by atoms with Crippen LogP contribution in [-0.2, 0) is 12.8 Å². The van der Waals surface area contributed by atoms with Gasteiger partial charge in [-0.1, -0.05) is 13.0 Å². The van der Waals surface area contributed by atoms with Crippen molar-refractivity contribution >= 4 is 51.2 Å². The topological polar surface area (TPSA) is 127 Å². The Hall–Kier alpha value is -2.85. The molecule has 3 rings (SSSR count). The number of amides is 2. The molecule has 152 valence electrons. The second-order valence-corrected chi connectivity index (χ2v) is 8.60. The molecular formula is C19H20N4O4S2. The van der Waals surface area contributed by atoms with Gasteiger partial charge >= 0.3 is 0 Å². The minimum absolute atomic E-state index is 0.00706. The van der Waals surface area contributed by atoms with Crippen LogP contribution in [0.3, 0.4) is 0 Å². The van der Waals surface area contributed by atoms with Gasteiger partial charge in [0.25, 0.3) is 17.5 Å². The number of nitrogens with zero attached hydrogens (tertiary/aromatic N) is 1. The van der Waals surface area contributed by atoms with Crippen molar-refractivity contribution in [2.45, 2.75) is 33.1 Å². The van der Waals surface area contributed by atoms with Gasteiger partial charge in [0.2, 0.25) is 0 Å². The molecule has 1 aliphatic carbocycles. The van der Waals surface area contributed by atoms with Crippen LogP contribution in [0.15, 0.2) is 18.2 Å². The van der Waals surface area contributed by atoms with Gasteiger partial charge in [-0.3, -0.25) is 25.0 Å². The standard InChI is InChI=1S/C19H20N4O4S2/c1-9-3-6-12-14(7-9)29-18(15(12)16(20)24)22-19(28)21-17(25)11-5-4-10(2)13(8-11)23(26)27/h4-5,8-9H,3,6-7H2,1-2H3,(H2,20,24)(H2,21,22,25,28)/t9-/m1/s1. The van der Waals surface area contributed by atoms with Gasteiger partial charge in [0.1, 0.15) is 5.00 Å². The maximum Gasteiger partial charge on any atom is 0.273 e. The number of nitrogens with one attached hydrogen (secondary N) is 2. The van der Waals surface area contributed by atoms with Crippen LogP contribution in [0.2, 0.25) is 0 Å². The Morgan fingerprint density at radius 3 is 2.76 bits per heavy atom. The monoisotopic (exact) mass is 432 g/mol. The van der Waals surface area contributed by atoms with Crippen molar-refractivity contribution < 1.29 is 14.5 Å². The van der Waals surface area contributed by atoms with Crippen molar-refractivity contribution in [3.05, 3.63) is 55.4 Å². The number of nitro benzene ring substituents is 1. The summed E-state index contributed by atoms with van der Waals surface area (Å²) >= 11 is 6.62. The number of carbonyl (C=O) groups excluding carboxylic acids is 2. The van der Waals surface area contributed by atoms with Crippen molar-refractivity contribution in [1.29, 1.82) is 0 Å². The van der Waals surface area contributed by atoms with E-state index in [4.69, 9.17) is 18.0 Å². The molecule has 8 nitrogen and oxygen atoms in total. The fraction of sp³-hybridized carbons (Fsp3) is 0.316. The first-order chi connectivity index (χ1) is 13.7. The number of hydrogen-bond donors (Lipinski definition) is 3. The quantitative estimate of drug-likeness (QED) is 0.386. The number of fused-ring (bicyclic) bond motifs is 1. The van der Waals surface area contributed by atoms with Crippen LogP contribution in [0.1, 0.15) is 50.1 Å². The number of rotatable bonds is 4. The molecule has 1 aromatic heterocycles. The Bertz CT molecular complexity index is 1030. The van der Waals surface area contributed by atoms with E-state index >= 15 is 0 Å². The molecule has 0 aliphatic heterocycles. The summed E-state index contributed by atoms with van der Waals surface area (Å²) in [7, 11) is 0. The van der Waals surface area contributed by atoms with E-state index in [1.807, 2.05) is 0 Å². The highest BCUT2D eigenvalue weighted by Gasteiger charge is 2.27. The van der Waals surface area contributed by atoms with Crippen LogP contribution in [0.5, 0.6) is 0 Å². The Morgan fingerprint density at radius 2 is 2.10 bits per heavy atom. The van der Waals surface area contributed by atoms with E-state index in [0.717, 1.165) is 29.7 Å². The summed E-state index contributed by atoms with van der Waals surface area (Å²) in [6.07, 6.45) is 2.63. The van der Waals surface area contributed by atoms with E-state index < -0.39 is 16.7 Å². The molecule has 0 saturated carbocycles. The average Bonchev–Trinajstić information content (AvgIpc) is 2.98. The third kappa shape index (κ3) is 4.43. The first-order valence-corrected chi connectivity index (χ1v) is 10.2. The largest absolute Gasteiger partial charge is 0.365 e. The fourth-order valence-electron chi connectivity index (χ4n) is 3.36. The number of thiocarbonyl (C=S) groups is 1. The smallest absolute Gasteiger partial charge is 0.273 e. The molecule has 0 radical (unpaired) electrons. The maximum absolute atomic E-state index is 12.4. The van der Waals surface area contributed by atoms with Crippen LogP contribution < -0.4 is 16.4 Å². The lowest BCUT2D eigenvalue weighted by atomic mass is 9.88. The lowest BCUT2D eigenvalue weighted by Gasteiger charge is -2.18. The van der Waals surface area contributed by atoms with E-state index in [1.165, 1.54) is 29.5 Å². The van der Waals surface area contributed by atoms with Gasteiger partial charge in [0.15, 0.2) is 5.11 Å². The molecule has 2 amide bonds. The van der Waals surface area contributed by atoms with Crippen molar-refractivity contribution in [3.63, 3.8) is 0 Å². The zero-order valence-electron chi connectivity index (χ0n) is 15.9. The summed E-state index contributed by atoms with van der Waals surface area (Å²) in [5.41, 5.74) is 7.37. The third-order valence-corrected chi connectivity index (χ3v) is 6.25. The van der Waals surface area contributed by atoms with E-state index in [1.54, 1.807) is 6.92 Å². The van der Waals surface area contributed by atoms with Gasteiger partial charge in [-0.25, -0.2) is 0 Å². The van der Waals surface area contributed by atoms with Crippen LogP contribution in [0, 0.1) is 23.0 Å². The summed E-state index contributed by atoms with van der Waals surface area (Å²) < 4.78 is 0. The van der Waals surface area contributed by atoms with Crippen molar-refractivity contribution in [2.75, 3.05) is 5.32 Å². The highest BCUT2D eigenvalue weighted by molar-refractivity contribution is 7.80. The number of thiophene rings is 1. The Balaban J connectivity index is 1.78. The average molecular weight is 433 g/mol. The number of primary amides is 1. The minimum atomic E-state index is -0.582. The van der Waals surface area contributed by atoms with E-state index in [-0.39, 0.29) is 16.4 Å². The molecule has 10 heteroatoms. The molecule has 0 unspecified atom stereocenters. The zero-order valence-corrected chi connectivity index (χ0v) is 17.5. The van der Waals surface area contributed by atoms with Crippen molar-refractivity contribution in [3.8, 4) is 0 Å². The minimum Gasteiger partial charge on any atom is -0.365 e. The van der Waals surface area contributed by atoms with Gasteiger partial charge in [-0.05, 0) is 56.0 Å². The van der Waals surface area contributed by atoms with Gasteiger partial charge in [-0.15, -0.1) is 11.3 Å². The number of carbonyl (C=O) groups is 2. The van der Waals surface area contributed by atoms with Gasteiger partial charge in [-0.2, -0.15) is 0 Å². The van der Waals surface area contributed by atoms with Crippen molar-refractivity contribution in [2.24, 2.45) is 11.7 Å². The summed E-state index contributed by atoms with van der Waals surface area (Å²) in [5, 5.41) is 17.0. The van der Waals surface area contributed by atoms with Gasteiger partial charge < -0.3 is 11.1 Å². The molecule has 29 heavy (non-hydrogen) atoms. The number of nitrogens with two attached hydrogens (primary N) is 1. The summed E-state index contributed by atoms with van der Waals surface area (Å²) in [6, 6.07) is 4.19. The molecular weight excluding hydrogens is 412 g/mol. The molecule has 4 N–H and O–H groups in total. The molecule has 1 heterocycles. The molecule has 0 fully saturated rings. The van der Waals surface area contributed by atoms with Crippen LogP contribution >= 0.6 is 23.6 Å². The molecule has 1 atom stereocenters. The van der Waals surface area contributed by atoms with E-state index in [0.29, 0.717) is 22.0 Å². The van der Waals surface area contributed by atoms with E-state index in [9.17, 15) is 19.7 Å². The molecule has 0 saturated heterocycles. The lowest BCUT2D eigenvalue weighted by molar-refractivity contribution is -0.385. The Kier molecular flexibility index (Phi) is 5.94. The molecule has 1 aromatic carbocycles. The Morgan fingerprint density at radius 1 is 1.38 bits per heavy atom. The predicted octanol–water partition coefficient (Wildman–Crippen LogP) is 3.32. The maximum atomic E-state index is 12.4. The third-order valence-electron chi connectivity index (χ3n) is 4.88. The number of anilines is 1. The first-order valence-electron chi connectivity index (χ1n) is 8.99. The number of benzene rings is 1. The zero-order chi connectivity index (χ0) is 21.3. The molecule has 1 aliphatic rings. The van der Waals surface area contributed by atoms with E-state index in [2.05, 4.69) is 17.6 Å². The second kappa shape index (κ2) is 8.26. The lowest BCUT2D eigenvalue weighted by Crippen LogP contribution is -2.34. The summed E-state index contributed by atoms with van der Waals surface area (Å²) in [6.45, 7) is 3.75. The molecule has 2 aromatic rings. The second-order valence-electron chi connectivity index (χ2n) is 7.09. The van der Waals surface area contributed by atoms with Gasteiger partial charge in [0, 0.05) is 22.1 Å². The normalized spacial score (nSPS) is 15.3.